The summed E-state index contributed by atoms with van der Waals surface area (Å²) in [7, 11) is 1.65. The Labute approximate surface area is 436 Å². The third kappa shape index (κ3) is 41.7. The minimum Gasteiger partial charge on any atom is -0.493 e. The van der Waals surface area contributed by atoms with Gasteiger partial charge in [-0.15, -0.1) is 0 Å². The van der Waals surface area contributed by atoms with Crippen molar-refractivity contribution in [2.45, 2.75) is 310 Å². The van der Waals surface area contributed by atoms with Crippen LogP contribution in [0.15, 0.2) is 12.1 Å². The predicted octanol–water partition coefficient (Wildman–Crippen LogP) is 20.8. The lowest BCUT2D eigenvalue weighted by Gasteiger charge is -2.18. The maximum atomic E-state index is 12.2. The van der Waals surface area contributed by atoms with Crippen LogP contribution in [-0.4, -0.2) is 53.0 Å². The molecule has 2 atom stereocenters. The summed E-state index contributed by atoms with van der Waals surface area (Å²) in [5.41, 5.74) is 0.496. The van der Waals surface area contributed by atoms with Crippen molar-refractivity contribution >= 4 is 6.29 Å². The van der Waals surface area contributed by atoms with Crippen molar-refractivity contribution in [3.63, 3.8) is 0 Å². The third-order valence-corrected chi connectivity index (χ3v) is 14.9. The molecule has 412 valence electrons. The fourth-order valence-corrected chi connectivity index (χ4v) is 10.1. The van der Waals surface area contributed by atoms with Crippen LogP contribution >= 0.6 is 0 Å². The average molecular weight is 986 g/mol. The summed E-state index contributed by atoms with van der Waals surface area (Å²) in [6.45, 7) is 13.6. The summed E-state index contributed by atoms with van der Waals surface area (Å²) < 4.78 is 30.6. The maximum absolute atomic E-state index is 12.2. The van der Waals surface area contributed by atoms with Gasteiger partial charge >= 0.3 is 0 Å². The topological polar surface area (TPSA) is 63.2 Å². The predicted molar refractivity (Wildman–Crippen MR) is 304 cm³/mol. The number of carbonyl (C=O) groups excluding carboxylic acids is 1. The van der Waals surface area contributed by atoms with Gasteiger partial charge in [-0.05, 0) is 69.3 Å². The highest BCUT2D eigenvalue weighted by Gasteiger charge is 2.14. The fraction of sp³-hybridized carbons (Fsp3) is 0.891. The lowest BCUT2D eigenvalue weighted by atomic mass is 9.94. The quantitative estimate of drug-likeness (QED) is 0.0479. The van der Waals surface area contributed by atoms with Gasteiger partial charge in [0.05, 0.1) is 25.9 Å². The first-order chi connectivity index (χ1) is 34.6. The van der Waals surface area contributed by atoms with Crippen LogP contribution in [-0.2, 0) is 9.47 Å². The van der Waals surface area contributed by atoms with Crippen molar-refractivity contribution in [3.8, 4) is 17.2 Å². The van der Waals surface area contributed by atoms with Crippen LogP contribution in [0.1, 0.15) is 321 Å². The van der Waals surface area contributed by atoms with Crippen molar-refractivity contribution in [2.75, 3.05) is 46.8 Å². The van der Waals surface area contributed by atoms with Gasteiger partial charge in [-0.2, -0.15) is 0 Å². The molecule has 0 aromatic heterocycles. The van der Waals surface area contributed by atoms with Crippen LogP contribution in [0.25, 0.3) is 0 Å². The Kier molecular flexibility index (Phi) is 50.6. The second kappa shape index (κ2) is 53.5. The van der Waals surface area contributed by atoms with Crippen LogP contribution in [0, 0.1) is 11.8 Å². The molecule has 0 fully saturated rings. The number of ether oxygens (including phenoxy) is 5. The monoisotopic (exact) mass is 985 g/mol. The first-order valence-electron chi connectivity index (χ1n) is 31.2. The van der Waals surface area contributed by atoms with E-state index in [-0.39, 0.29) is 0 Å². The van der Waals surface area contributed by atoms with Crippen LogP contribution in [0.5, 0.6) is 17.2 Å². The molecule has 1 aromatic carbocycles. The second-order valence-corrected chi connectivity index (χ2v) is 21.6. The molecule has 70 heavy (non-hydrogen) atoms. The van der Waals surface area contributed by atoms with E-state index in [1.54, 1.807) is 13.2 Å². The Morgan fingerprint density at radius 1 is 0.343 bits per heavy atom. The first kappa shape index (κ1) is 66.2. The Balaban J connectivity index is 2.44. The Bertz CT molecular complexity index is 1200. The van der Waals surface area contributed by atoms with Gasteiger partial charge in [0, 0.05) is 32.5 Å². The van der Waals surface area contributed by atoms with E-state index in [1.807, 2.05) is 6.07 Å². The number of rotatable bonds is 58. The molecule has 0 aliphatic rings. The summed E-state index contributed by atoms with van der Waals surface area (Å²) in [4.78, 5) is 12.2. The first-order valence-corrected chi connectivity index (χ1v) is 31.2. The van der Waals surface area contributed by atoms with E-state index in [0.29, 0.717) is 47.9 Å². The van der Waals surface area contributed by atoms with E-state index in [2.05, 4.69) is 27.7 Å². The Morgan fingerprint density at radius 2 is 0.629 bits per heavy atom. The van der Waals surface area contributed by atoms with Crippen molar-refractivity contribution in [1.29, 1.82) is 0 Å². The van der Waals surface area contributed by atoms with Crippen LogP contribution in [0.4, 0.5) is 0 Å². The van der Waals surface area contributed by atoms with Gasteiger partial charge in [0.1, 0.15) is 5.75 Å². The Morgan fingerprint density at radius 3 is 0.929 bits per heavy atom. The van der Waals surface area contributed by atoms with Gasteiger partial charge in [0.15, 0.2) is 17.8 Å². The lowest BCUT2D eigenvalue weighted by Crippen LogP contribution is -2.12. The number of aldehydes is 1. The van der Waals surface area contributed by atoms with Crippen molar-refractivity contribution in [2.24, 2.45) is 11.8 Å². The molecule has 0 amide bonds. The second-order valence-electron chi connectivity index (χ2n) is 21.6. The van der Waals surface area contributed by atoms with Crippen molar-refractivity contribution in [3.05, 3.63) is 17.7 Å². The highest BCUT2D eigenvalue weighted by Crippen LogP contribution is 2.35. The van der Waals surface area contributed by atoms with E-state index in [9.17, 15) is 4.79 Å². The molecule has 6 nitrogen and oxygen atoms in total. The SMILES string of the molecule is CCCCCCCCCCCCC(CCCCCCCCCC)COCCCCOc1cc(OC)c(OCCCCOCC(CCCCCCCCCC)CCCCCCCCCCCC)cc1C=O. The molecule has 0 saturated heterocycles. The lowest BCUT2D eigenvalue weighted by molar-refractivity contribution is 0.0857. The normalized spacial score (nSPS) is 12.4. The molecule has 0 heterocycles. The molecule has 1 aromatic rings. The minimum absolute atomic E-state index is 0.496. The molecule has 2 unspecified atom stereocenters. The van der Waals surface area contributed by atoms with Gasteiger partial charge in [-0.1, -0.05) is 259 Å². The van der Waals surface area contributed by atoms with Crippen molar-refractivity contribution < 1.29 is 28.5 Å². The zero-order chi connectivity index (χ0) is 50.5. The van der Waals surface area contributed by atoms with Crippen LogP contribution in [0.2, 0.25) is 0 Å². The maximum Gasteiger partial charge on any atom is 0.164 e. The summed E-state index contributed by atoms with van der Waals surface area (Å²) in [5.74, 6) is 3.10. The minimum atomic E-state index is 0.496. The largest absolute Gasteiger partial charge is 0.493 e. The molecule has 0 radical (unpaired) electrons. The van der Waals surface area contributed by atoms with Gasteiger partial charge in [0.2, 0.25) is 0 Å². The molecule has 0 saturated carbocycles. The highest BCUT2D eigenvalue weighted by atomic mass is 16.5. The number of methoxy groups -OCH3 is 1. The number of carbonyl (C=O) groups is 1. The highest BCUT2D eigenvalue weighted by molar-refractivity contribution is 5.81. The summed E-state index contributed by atoms with van der Waals surface area (Å²) in [5, 5.41) is 0. The van der Waals surface area contributed by atoms with Gasteiger partial charge in [-0.3, -0.25) is 4.79 Å². The molecule has 0 bridgehead atoms. The number of unbranched alkanes of at least 4 members (excludes halogenated alkanes) is 34. The summed E-state index contributed by atoms with van der Waals surface area (Å²) >= 11 is 0. The molecular formula is C64H120O6. The standard InChI is InChI=1S/C64H120O6/c1-6-10-14-18-22-26-28-32-36-40-48-59(46-38-34-30-24-20-16-12-8-3)57-67-50-42-44-52-69-62-55-63(66-5)64(54-61(62)56-65)70-53-45-43-51-68-58-60(47-39-35-31-25-21-17-13-9-4)49-41-37-33-29-27-23-19-15-11-7-2/h54-56,59-60H,6-53,57-58H2,1-5H3. The van der Waals surface area contributed by atoms with Crippen LogP contribution < -0.4 is 14.2 Å². The van der Waals surface area contributed by atoms with E-state index in [0.717, 1.165) is 58.4 Å². The fourth-order valence-electron chi connectivity index (χ4n) is 10.1. The molecular weight excluding hydrogens is 865 g/mol. The third-order valence-electron chi connectivity index (χ3n) is 14.9. The van der Waals surface area contributed by atoms with Crippen LogP contribution in [0.3, 0.4) is 0 Å². The molecule has 6 heteroatoms. The van der Waals surface area contributed by atoms with Gasteiger partial charge < -0.3 is 23.7 Å². The number of hydrogen-bond donors (Lipinski definition) is 0. The molecule has 0 aliphatic carbocycles. The summed E-state index contributed by atoms with van der Waals surface area (Å²) in [6, 6.07) is 3.58. The smallest absolute Gasteiger partial charge is 0.164 e. The van der Waals surface area contributed by atoms with E-state index in [1.165, 1.54) is 257 Å². The molecule has 1 rings (SSSR count). The van der Waals surface area contributed by atoms with Crippen molar-refractivity contribution in [1.82, 2.24) is 0 Å². The summed E-state index contributed by atoms with van der Waals surface area (Å²) in [6.07, 6.45) is 59.6. The average Bonchev–Trinajstić information content (AvgIpc) is 3.37. The molecule has 0 aliphatic heterocycles. The molecule has 0 N–H and O–H groups in total. The number of hydrogen-bond acceptors (Lipinski definition) is 6. The van der Waals surface area contributed by atoms with Gasteiger partial charge in [0.25, 0.3) is 0 Å². The molecule has 0 spiro atoms. The zero-order valence-corrected chi connectivity index (χ0v) is 47.7. The number of benzene rings is 1. The van der Waals surface area contributed by atoms with Gasteiger partial charge in [-0.25, -0.2) is 0 Å². The zero-order valence-electron chi connectivity index (χ0n) is 47.7. The van der Waals surface area contributed by atoms with E-state index >= 15 is 0 Å². The Hall–Kier alpha value is -1.79. The van der Waals surface area contributed by atoms with E-state index < -0.39 is 0 Å². The van der Waals surface area contributed by atoms with E-state index in [4.69, 9.17) is 23.7 Å².